The Morgan fingerprint density at radius 2 is 1.74 bits per heavy atom. The lowest BCUT2D eigenvalue weighted by molar-refractivity contribution is -0.00531. The summed E-state index contributed by atoms with van der Waals surface area (Å²) in [6.07, 6.45) is 9.82. The summed E-state index contributed by atoms with van der Waals surface area (Å²) < 4.78 is 0. The zero-order valence-electron chi connectivity index (χ0n) is 11.1. The molecule has 4 saturated carbocycles. The van der Waals surface area contributed by atoms with Crippen LogP contribution in [0.5, 0.6) is 0 Å². The van der Waals surface area contributed by atoms with E-state index in [-0.39, 0.29) is 5.41 Å². The average Bonchev–Trinajstić information content (AvgIpc) is 2.36. The first-order chi connectivity index (χ1) is 9.20. The smallest absolute Gasteiger partial charge is 0.141 e. The molecule has 4 fully saturated rings. The van der Waals surface area contributed by atoms with Gasteiger partial charge in [-0.2, -0.15) is 5.26 Å². The second-order valence-electron chi connectivity index (χ2n) is 6.93. The van der Waals surface area contributed by atoms with Crippen molar-refractivity contribution in [2.75, 3.05) is 5.73 Å². The molecule has 1 heterocycles. The van der Waals surface area contributed by atoms with Gasteiger partial charge in [-0.15, -0.1) is 0 Å². The fourth-order valence-corrected chi connectivity index (χ4v) is 5.48. The molecule has 2 N–H and O–H groups in total. The van der Waals surface area contributed by atoms with Crippen LogP contribution in [0.25, 0.3) is 0 Å². The highest BCUT2D eigenvalue weighted by atomic mass is 14.8. The van der Waals surface area contributed by atoms with Crippen molar-refractivity contribution in [3.8, 4) is 6.07 Å². The maximum atomic E-state index is 9.43. The zero-order valence-corrected chi connectivity index (χ0v) is 11.1. The Labute approximate surface area is 113 Å². The minimum atomic E-state index is 0.233. The lowest BCUT2D eigenvalue weighted by atomic mass is 9.47. The van der Waals surface area contributed by atoms with Gasteiger partial charge in [0, 0.05) is 6.20 Å². The standard InChI is InChI=1S/C16H19N3/c17-9-13-14(1-2-19-15(13)18)16-6-10-3-11(7-16)5-12(4-10)8-16/h1-2,10-12H,3-8H2,(H2,18,19). The Kier molecular flexibility index (Phi) is 2.21. The molecule has 3 nitrogen and oxygen atoms in total. The topological polar surface area (TPSA) is 62.7 Å². The van der Waals surface area contributed by atoms with E-state index in [2.05, 4.69) is 17.1 Å². The normalized spacial score (nSPS) is 39.2. The first-order valence-corrected chi connectivity index (χ1v) is 7.35. The van der Waals surface area contributed by atoms with Gasteiger partial charge < -0.3 is 5.73 Å². The summed E-state index contributed by atoms with van der Waals surface area (Å²) in [6.45, 7) is 0. The third-order valence-corrected chi connectivity index (χ3v) is 5.70. The van der Waals surface area contributed by atoms with Gasteiger partial charge in [0.1, 0.15) is 11.9 Å². The molecule has 0 unspecified atom stereocenters. The van der Waals surface area contributed by atoms with E-state index in [0.29, 0.717) is 11.4 Å². The van der Waals surface area contributed by atoms with Crippen LogP contribution < -0.4 is 5.73 Å². The number of hydrogen-bond acceptors (Lipinski definition) is 3. The van der Waals surface area contributed by atoms with Crippen LogP contribution in [-0.4, -0.2) is 4.98 Å². The maximum Gasteiger partial charge on any atom is 0.141 e. The highest BCUT2D eigenvalue weighted by Crippen LogP contribution is 2.61. The van der Waals surface area contributed by atoms with Gasteiger partial charge in [0.2, 0.25) is 0 Å². The molecule has 19 heavy (non-hydrogen) atoms. The van der Waals surface area contributed by atoms with Gasteiger partial charge in [-0.05, 0) is 73.3 Å². The van der Waals surface area contributed by atoms with Crippen LogP contribution in [0.2, 0.25) is 0 Å². The third-order valence-electron chi connectivity index (χ3n) is 5.70. The first kappa shape index (κ1) is 11.3. The predicted octanol–water partition coefficient (Wildman–Crippen LogP) is 3.00. The third kappa shape index (κ3) is 1.52. The van der Waals surface area contributed by atoms with E-state index >= 15 is 0 Å². The largest absolute Gasteiger partial charge is 0.383 e. The predicted molar refractivity (Wildman–Crippen MR) is 73.2 cm³/mol. The van der Waals surface area contributed by atoms with E-state index in [4.69, 9.17) is 5.73 Å². The Balaban J connectivity index is 1.84. The van der Waals surface area contributed by atoms with Gasteiger partial charge in [0.15, 0.2) is 0 Å². The number of nitriles is 1. The lowest BCUT2D eigenvalue weighted by Gasteiger charge is -2.57. The number of hydrogen-bond donors (Lipinski definition) is 1. The molecule has 4 aliphatic rings. The Morgan fingerprint density at radius 3 is 2.26 bits per heavy atom. The van der Waals surface area contributed by atoms with Crippen LogP contribution in [0, 0.1) is 29.1 Å². The van der Waals surface area contributed by atoms with E-state index in [1.54, 1.807) is 6.20 Å². The van der Waals surface area contributed by atoms with Crippen molar-refractivity contribution in [2.24, 2.45) is 17.8 Å². The first-order valence-electron chi connectivity index (χ1n) is 7.35. The van der Waals surface area contributed by atoms with Crippen LogP contribution >= 0.6 is 0 Å². The van der Waals surface area contributed by atoms with E-state index in [0.717, 1.165) is 17.8 Å². The summed E-state index contributed by atoms with van der Waals surface area (Å²) in [5.74, 6) is 3.06. The molecule has 0 aliphatic heterocycles. The molecule has 4 aliphatic carbocycles. The van der Waals surface area contributed by atoms with Gasteiger partial charge in [-0.25, -0.2) is 4.98 Å². The fourth-order valence-electron chi connectivity index (χ4n) is 5.48. The van der Waals surface area contributed by atoms with Gasteiger partial charge in [0.05, 0.1) is 5.56 Å². The molecule has 0 amide bonds. The van der Waals surface area contributed by atoms with Crippen LogP contribution in [0.3, 0.4) is 0 Å². The molecule has 0 radical (unpaired) electrons. The highest BCUT2D eigenvalue weighted by Gasteiger charge is 2.52. The van der Waals surface area contributed by atoms with Gasteiger partial charge >= 0.3 is 0 Å². The SMILES string of the molecule is N#Cc1c(C23CC4CC(CC(C4)C2)C3)ccnc1N. The maximum absolute atomic E-state index is 9.43. The number of rotatable bonds is 1. The quantitative estimate of drug-likeness (QED) is 0.836. The zero-order chi connectivity index (χ0) is 13.0. The summed E-state index contributed by atoms with van der Waals surface area (Å²) in [4.78, 5) is 4.09. The number of nitrogens with two attached hydrogens (primary N) is 1. The highest BCUT2D eigenvalue weighted by molar-refractivity contribution is 5.55. The van der Waals surface area contributed by atoms with Crippen LogP contribution in [0.4, 0.5) is 5.82 Å². The van der Waals surface area contributed by atoms with Gasteiger partial charge in [0.25, 0.3) is 0 Å². The molecule has 0 spiro atoms. The molecule has 0 atom stereocenters. The van der Waals surface area contributed by atoms with Crippen molar-refractivity contribution in [1.82, 2.24) is 4.98 Å². The minimum absolute atomic E-state index is 0.233. The number of nitrogen functional groups attached to an aromatic ring is 1. The summed E-state index contributed by atoms with van der Waals surface area (Å²) >= 11 is 0. The minimum Gasteiger partial charge on any atom is -0.383 e. The second kappa shape index (κ2) is 3.72. The van der Waals surface area contributed by atoms with Crippen molar-refractivity contribution in [3.63, 3.8) is 0 Å². The molecular formula is C16H19N3. The molecule has 4 bridgehead atoms. The van der Waals surface area contributed by atoms with Gasteiger partial charge in [-0.3, -0.25) is 0 Å². The van der Waals surface area contributed by atoms with Crippen LogP contribution in [-0.2, 0) is 5.41 Å². The molecule has 98 valence electrons. The number of aromatic nitrogens is 1. The van der Waals surface area contributed by atoms with Crippen molar-refractivity contribution in [2.45, 2.75) is 43.9 Å². The lowest BCUT2D eigenvalue weighted by Crippen LogP contribution is -2.48. The van der Waals surface area contributed by atoms with Crippen molar-refractivity contribution < 1.29 is 0 Å². The number of pyridine rings is 1. The number of nitrogens with zero attached hydrogens (tertiary/aromatic N) is 2. The van der Waals surface area contributed by atoms with E-state index in [1.165, 1.54) is 44.1 Å². The Morgan fingerprint density at radius 1 is 1.16 bits per heavy atom. The molecule has 1 aromatic rings. The van der Waals surface area contributed by atoms with E-state index in [1.807, 2.05) is 0 Å². The monoisotopic (exact) mass is 253 g/mol. The Bertz CT molecular complexity index is 535. The van der Waals surface area contributed by atoms with Crippen LogP contribution in [0.1, 0.15) is 49.7 Å². The average molecular weight is 253 g/mol. The van der Waals surface area contributed by atoms with Crippen molar-refractivity contribution in [3.05, 3.63) is 23.4 Å². The fraction of sp³-hybridized carbons (Fsp3) is 0.625. The summed E-state index contributed by atoms with van der Waals surface area (Å²) in [7, 11) is 0. The molecule has 3 heteroatoms. The van der Waals surface area contributed by atoms with Crippen LogP contribution in [0.15, 0.2) is 12.3 Å². The van der Waals surface area contributed by atoms with Gasteiger partial charge in [-0.1, -0.05) is 0 Å². The summed E-state index contributed by atoms with van der Waals surface area (Å²) in [5, 5.41) is 9.43. The van der Waals surface area contributed by atoms with Crippen molar-refractivity contribution >= 4 is 5.82 Å². The molecule has 0 aromatic carbocycles. The Hall–Kier alpha value is -1.56. The molecular weight excluding hydrogens is 234 g/mol. The molecule has 5 rings (SSSR count). The van der Waals surface area contributed by atoms with E-state index in [9.17, 15) is 5.26 Å². The molecule has 0 saturated heterocycles. The van der Waals surface area contributed by atoms with E-state index < -0.39 is 0 Å². The number of anilines is 1. The summed E-state index contributed by atoms with van der Waals surface area (Å²) in [5.41, 5.74) is 7.99. The summed E-state index contributed by atoms with van der Waals surface area (Å²) in [6, 6.07) is 4.36. The molecule has 1 aromatic heterocycles. The second-order valence-corrected chi connectivity index (χ2v) is 6.93. The van der Waals surface area contributed by atoms with Crippen molar-refractivity contribution in [1.29, 1.82) is 5.26 Å².